The molecular weight excluding hydrogens is 310 g/mol. The summed E-state index contributed by atoms with van der Waals surface area (Å²) in [5, 5.41) is 5.79. The highest BCUT2D eigenvalue weighted by molar-refractivity contribution is 5.56. The van der Waals surface area contributed by atoms with Crippen molar-refractivity contribution in [3.63, 3.8) is 0 Å². The van der Waals surface area contributed by atoms with Crippen molar-refractivity contribution >= 4 is 17.5 Å². The largest absolute Gasteiger partial charge is 0.366 e. The second-order valence-electron chi connectivity index (χ2n) is 5.28. The van der Waals surface area contributed by atoms with Gasteiger partial charge in [0.1, 0.15) is 23.1 Å². The Morgan fingerprint density at radius 2 is 1.62 bits per heavy atom. The van der Waals surface area contributed by atoms with Gasteiger partial charge in [-0.3, -0.25) is 0 Å². The summed E-state index contributed by atoms with van der Waals surface area (Å²) in [6, 6.07) is 15.3. The van der Waals surface area contributed by atoms with E-state index in [-0.39, 0.29) is 11.6 Å². The minimum Gasteiger partial charge on any atom is -0.366 e. The van der Waals surface area contributed by atoms with Crippen molar-refractivity contribution in [3.05, 3.63) is 77.5 Å². The first kappa shape index (κ1) is 15.9. The van der Waals surface area contributed by atoms with Crippen molar-refractivity contribution in [1.82, 2.24) is 9.97 Å². The lowest BCUT2D eigenvalue weighted by molar-refractivity contribution is 0.590. The summed E-state index contributed by atoms with van der Waals surface area (Å²) < 4.78 is 27.5. The summed E-state index contributed by atoms with van der Waals surface area (Å²) in [6.45, 7) is 2.38. The van der Waals surface area contributed by atoms with Crippen molar-refractivity contribution in [1.29, 1.82) is 0 Å². The predicted molar refractivity (Wildman–Crippen MR) is 90.2 cm³/mol. The smallest absolute Gasteiger partial charge is 0.229 e. The third-order valence-electron chi connectivity index (χ3n) is 3.37. The fraction of sp³-hybridized carbons (Fsp3) is 0.111. The highest BCUT2D eigenvalue weighted by atomic mass is 19.1. The Balaban J connectivity index is 1.79. The van der Waals surface area contributed by atoms with Crippen molar-refractivity contribution in [2.75, 3.05) is 10.6 Å². The van der Waals surface area contributed by atoms with Crippen LogP contribution in [0.1, 0.15) is 11.3 Å². The van der Waals surface area contributed by atoms with E-state index in [4.69, 9.17) is 0 Å². The molecule has 122 valence electrons. The average Bonchev–Trinajstić information content (AvgIpc) is 2.57. The van der Waals surface area contributed by atoms with E-state index in [0.29, 0.717) is 18.1 Å². The Bertz CT molecular complexity index is 817. The number of aromatic nitrogens is 2. The highest BCUT2D eigenvalue weighted by Gasteiger charge is 2.11. The molecule has 24 heavy (non-hydrogen) atoms. The Labute approximate surface area is 138 Å². The van der Waals surface area contributed by atoms with E-state index >= 15 is 0 Å². The first-order valence-corrected chi connectivity index (χ1v) is 7.46. The van der Waals surface area contributed by atoms with Crippen LogP contribution < -0.4 is 10.6 Å². The van der Waals surface area contributed by atoms with Crippen LogP contribution in [0.15, 0.2) is 54.6 Å². The number of halogens is 2. The summed E-state index contributed by atoms with van der Waals surface area (Å²) in [5.74, 6) is -0.682. The molecule has 0 unspecified atom stereocenters. The second kappa shape index (κ2) is 7.04. The van der Waals surface area contributed by atoms with Crippen molar-refractivity contribution in [2.45, 2.75) is 13.5 Å². The number of hydrogen-bond acceptors (Lipinski definition) is 4. The van der Waals surface area contributed by atoms with Gasteiger partial charge in [-0.1, -0.05) is 36.4 Å². The maximum atomic E-state index is 13.7. The monoisotopic (exact) mass is 326 g/mol. The summed E-state index contributed by atoms with van der Waals surface area (Å²) >= 11 is 0. The van der Waals surface area contributed by atoms with Gasteiger partial charge in [-0.15, -0.1) is 0 Å². The zero-order valence-corrected chi connectivity index (χ0v) is 13.1. The molecular formula is C18H16F2N4. The standard InChI is InChI=1S/C18H16F2N4/c1-12-10-16(21-11-13-6-3-2-4-7-13)23-18(22-12)24-17-14(19)8-5-9-15(17)20/h2-10H,11H2,1H3,(H2,21,22,23,24). The number of para-hydroxylation sites is 1. The van der Waals surface area contributed by atoms with Gasteiger partial charge in [0.15, 0.2) is 0 Å². The SMILES string of the molecule is Cc1cc(NCc2ccccc2)nc(Nc2c(F)cccc2F)n1. The molecule has 1 heterocycles. The van der Waals surface area contributed by atoms with Crippen LogP contribution in [0.4, 0.5) is 26.2 Å². The van der Waals surface area contributed by atoms with Gasteiger partial charge in [0.05, 0.1) is 0 Å². The third-order valence-corrected chi connectivity index (χ3v) is 3.37. The van der Waals surface area contributed by atoms with Crippen molar-refractivity contribution in [2.24, 2.45) is 0 Å². The Morgan fingerprint density at radius 3 is 2.33 bits per heavy atom. The van der Waals surface area contributed by atoms with E-state index in [1.54, 1.807) is 13.0 Å². The molecule has 0 aliphatic heterocycles. The number of hydrogen-bond donors (Lipinski definition) is 2. The Hall–Kier alpha value is -3.02. The molecule has 2 N–H and O–H groups in total. The average molecular weight is 326 g/mol. The number of benzene rings is 2. The van der Waals surface area contributed by atoms with Gasteiger partial charge in [0.25, 0.3) is 0 Å². The Morgan fingerprint density at radius 1 is 0.917 bits per heavy atom. The summed E-state index contributed by atoms with van der Waals surface area (Å²) in [5.41, 5.74) is 1.51. The highest BCUT2D eigenvalue weighted by Crippen LogP contribution is 2.22. The molecule has 0 saturated carbocycles. The van der Waals surface area contributed by atoms with Gasteiger partial charge in [0.2, 0.25) is 5.95 Å². The molecule has 0 atom stereocenters. The van der Waals surface area contributed by atoms with Gasteiger partial charge in [0, 0.05) is 18.3 Å². The lowest BCUT2D eigenvalue weighted by atomic mass is 10.2. The van der Waals surface area contributed by atoms with E-state index in [2.05, 4.69) is 20.6 Å². The van der Waals surface area contributed by atoms with E-state index in [1.165, 1.54) is 18.2 Å². The number of nitrogens with one attached hydrogen (secondary N) is 2. The van der Waals surface area contributed by atoms with Gasteiger partial charge < -0.3 is 10.6 Å². The molecule has 0 saturated heterocycles. The van der Waals surface area contributed by atoms with Crippen LogP contribution >= 0.6 is 0 Å². The van der Waals surface area contributed by atoms with E-state index in [0.717, 1.165) is 5.56 Å². The molecule has 4 nitrogen and oxygen atoms in total. The molecule has 2 aromatic carbocycles. The zero-order chi connectivity index (χ0) is 16.9. The molecule has 6 heteroatoms. The molecule has 0 amide bonds. The Kier molecular flexibility index (Phi) is 4.65. The number of anilines is 3. The topological polar surface area (TPSA) is 49.8 Å². The minimum absolute atomic E-state index is 0.134. The van der Waals surface area contributed by atoms with E-state index < -0.39 is 11.6 Å². The van der Waals surface area contributed by atoms with Crippen LogP contribution in [0.2, 0.25) is 0 Å². The molecule has 0 aliphatic rings. The number of aryl methyl sites for hydroxylation is 1. The molecule has 3 aromatic rings. The fourth-order valence-corrected chi connectivity index (χ4v) is 2.23. The van der Waals surface area contributed by atoms with Crippen molar-refractivity contribution in [3.8, 4) is 0 Å². The van der Waals surface area contributed by atoms with Gasteiger partial charge in [-0.05, 0) is 24.6 Å². The van der Waals surface area contributed by atoms with Gasteiger partial charge >= 0.3 is 0 Å². The predicted octanol–water partition coefficient (Wildman–Crippen LogP) is 4.42. The van der Waals surface area contributed by atoms with Crippen LogP contribution in [0, 0.1) is 18.6 Å². The second-order valence-corrected chi connectivity index (χ2v) is 5.28. The van der Waals surface area contributed by atoms with Gasteiger partial charge in [-0.2, -0.15) is 4.98 Å². The molecule has 3 rings (SSSR count). The summed E-state index contributed by atoms with van der Waals surface area (Å²) in [7, 11) is 0. The van der Waals surface area contributed by atoms with Crippen LogP contribution in [0.25, 0.3) is 0 Å². The van der Waals surface area contributed by atoms with Crippen LogP contribution in [-0.2, 0) is 6.54 Å². The summed E-state index contributed by atoms with van der Waals surface area (Å²) in [4.78, 5) is 8.43. The first-order valence-electron chi connectivity index (χ1n) is 7.46. The van der Waals surface area contributed by atoms with Crippen molar-refractivity contribution < 1.29 is 8.78 Å². The lowest BCUT2D eigenvalue weighted by Gasteiger charge is -2.11. The fourth-order valence-electron chi connectivity index (χ4n) is 2.23. The maximum Gasteiger partial charge on any atom is 0.229 e. The third kappa shape index (κ3) is 3.84. The van der Waals surface area contributed by atoms with Crippen LogP contribution in [-0.4, -0.2) is 9.97 Å². The van der Waals surface area contributed by atoms with Gasteiger partial charge in [-0.25, -0.2) is 13.8 Å². The van der Waals surface area contributed by atoms with Crippen LogP contribution in [0.3, 0.4) is 0 Å². The minimum atomic E-state index is -0.695. The maximum absolute atomic E-state index is 13.7. The normalized spacial score (nSPS) is 10.5. The van der Waals surface area contributed by atoms with E-state index in [1.807, 2.05) is 30.3 Å². The zero-order valence-electron chi connectivity index (χ0n) is 13.1. The quantitative estimate of drug-likeness (QED) is 0.729. The molecule has 0 aliphatic carbocycles. The molecule has 0 fully saturated rings. The molecule has 0 bridgehead atoms. The van der Waals surface area contributed by atoms with Crippen LogP contribution in [0.5, 0.6) is 0 Å². The molecule has 0 radical (unpaired) electrons. The summed E-state index contributed by atoms with van der Waals surface area (Å²) in [6.07, 6.45) is 0. The lowest BCUT2D eigenvalue weighted by Crippen LogP contribution is -2.07. The molecule has 1 aromatic heterocycles. The van der Waals surface area contributed by atoms with E-state index in [9.17, 15) is 8.78 Å². The first-order chi connectivity index (χ1) is 11.6. The number of nitrogens with zero attached hydrogens (tertiary/aromatic N) is 2. The molecule has 0 spiro atoms. The number of rotatable bonds is 5.